The Morgan fingerprint density at radius 2 is 1.89 bits per heavy atom. The van der Waals surface area contributed by atoms with Gasteiger partial charge in [-0.3, -0.25) is 4.79 Å². The van der Waals surface area contributed by atoms with Gasteiger partial charge in [0.25, 0.3) is 0 Å². The standard InChI is InChI=1S/C26H30F3N5O/c1-17-9-11-33(12-10-17)24-8-7-20(15-30-24)16-31-25(35)14-23-18(2)32-34(19(23)3)22-6-4-5-21(13-22)26(27,28)29/h4-8,13,15,17H,9-12,14,16H2,1-3H3,(H,31,35). The zero-order chi connectivity index (χ0) is 25.2. The molecule has 0 bridgehead atoms. The van der Waals surface area contributed by atoms with Crippen molar-refractivity contribution in [3.05, 3.63) is 70.7 Å². The zero-order valence-electron chi connectivity index (χ0n) is 20.2. The van der Waals surface area contributed by atoms with E-state index in [-0.39, 0.29) is 12.3 Å². The minimum absolute atomic E-state index is 0.0914. The molecule has 1 amide bonds. The number of nitrogens with zero attached hydrogens (tertiary/aromatic N) is 4. The summed E-state index contributed by atoms with van der Waals surface area (Å²) in [4.78, 5) is 19.5. The number of halogens is 3. The lowest BCUT2D eigenvalue weighted by Crippen LogP contribution is -2.33. The molecule has 0 atom stereocenters. The zero-order valence-corrected chi connectivity index (χ0v) is 20.2. The molecule has 0 aliphatic carbocycles. The highest BCUT2D eigenvalue weighted by atomic mass is 19.4. The van der Waals surface area contributed by atoms with Crippen LogP contribution in [0, 0.1) is 19.8 Å². The van der Waals surface area contributed by atoms with Crippen LogP contribution in [0.1, 0.15) is 47.8 Å². The molecule has 35 heavy (non-hydrogen) atoms. The molecule has 0 saturated carbocycles. The van der Waals surface area contributed by atoms with Gasteiger partial charge in [-0.25, -0.2) is 9.67 Å². The lowest BCUT2D eigenvalue weighted by Gasteiger charge is -2.31. The van der Waals surface area contributed by atoms with E-state index in [1.165, 1.54) is 23.6 Å². The number of alkyl halides is 3. The third-order valence-electron chi connectivity index (χ3n) is 6.60. The molecule has 1 aliphatic rings. The van der Waals surface area contributed by atoms with Crippen LogP contribution < -0.4 is 10.2 Å². The van der Waals surface area contributed by atoms with Gasteiger partial charge in [0, 0.05) is 37.1 Å². The number of hydrogen-bond acceptors (Lipinski definition) is 4. The van der Waals surface area contributed by atoms with Gasteiger partial charge in [-0.05, 0) is 62.4 Å². The number of carbonyl (C=O) groups excluding carboxylic acids is 1. The summed E-state index contributed by atoms with van der Waals surface area (Å²) in [6.07, 6.45) is -0.219. The van der Waals surface area contributed by atoms with Crippen molar-refractivity contribution in [2.24, 2.45) is 5.92 Å². The van der Waals surface area contributed by atoms with Gasteiger partial charge in [0.15, 0.2) is 0 Å². The van der Waals surface area contributed by atoms with E-state index in [0.717, 1.165) is 42.5 Å². The van der Waals surface area contributed by atoms with Crippen LogP contribution in [0.25, 0.3) is 5.69 Å². The first-order chi connectivity index (χ1) is 16.6. The van der Waals surface area contributed by atoms with E-state index in [0.29, 0.717) is 29.2 Å². The summed E-state index contributed by atoms with van der Waals surface area (Å²) in [6.45, 7) is 8.16. The van der Waals surface area contributed by atoms with Crippen LogP contribution in [-0.2, 0) is 23.9 Å². The molecule has 4 rings (SSSR count). The SMILES string of the molecule is Cc1nn(-c2cccc(C(F)(F)F)c2)c(C)c1CC(=O)NCc1ccc(N2CCC(C)CC2)nc1. The molecule has 3 aromatic rings. The molecule has 1 N–H and O–H groups in total. The minimum Gasteiger partial charge on any atom is -0.357 e. The van der Waals surface area contributed by atoms with Crippen LogP contribution in [0.2, 0.25) is 0 Å². The van der Waals surface area contributed by atoms with Gasteiger partial charge in [-0.1, -0.05) is 19.1 Å². The Labute approximate surface area is 203 Å². The number of anilines is 1. The van der Waals surface area contributed by atoms with Crippen molar-refractivity contribution in [1.82, 2.24) is 20.1 Å². The molecular weight excluding hydrogens is 455 g/mol. The fraction of sp³-hybridized carbons (Fsp3) is 0.423. The number of carbonyl (C=O) groups is 1. The van der Waals surface area contributed by atoms with Crippen molar-refractivity contribution in [3.8, 4) is 5.69 Å². The Balaban J connectivity index is 1.38. The summed E-state index contributed by atoms with van der Waals surface area (Å²) >= 11 is 0. The predicted molar refractivity (Wildman–Crippen MR) is 128 cm³/mol. The molecule has 0 radical (unpaired) electrons. The Hall–Kier alpha value is -3.36. The molecule has 186 valence electrons. The first-order valence-corrected chi connectivity index (χ1v) is 11.8. The lowest BCUT2D eigenvalue weighted by molar-refractivity contribution is -0.137. The van der Waals surface area contributed by atoms with Crippen LogP contribution in [0.15, 0.2) is 42.6 Å². The van der Waals surface area contributed by atoms with E-state index in [1.54, 1.807) is 26.1 Å². The highest BCUT2D eigenvalue weighted by molar-refractivity contribution is 5.79. The summed E-state index contributed by atoms with van der Waals surface area (Å²) in [5.74, 6) is 1.53. The predicted octanol–water partition coefficient (Wildman–Crippen LogP) is 5.00. The molecule has 1 aromatic carbocycles. The summed E-state index contributed by atoms with van der Waals surface area (Å²) < 4.78 is 40.8. The third-order valence-corrected chi connectivity index (χ3v) is 6.60. The largest absolute Gasteiger partial charge is 0.416 e. The van der Waals surface area contributed by atoms with E-state index in [4.69, 9.17) is 0 Å². The van der Waals surface area contributed by atoms with Crippen molar-refractivity contribution in [3.63, 3.8) is 0 Å². The van der Waals surface area contributed by atoms with Crippen LogP contribution in [-0.4, -0.2) is 33.8 Å². The average molecular weight is 486 g/mol. The van der Waals surface area contributed by atoms with Gasteiger partial charge >= 0.3 is 6.18 Å². The van der Waals surface area contributed by atoms with Gasteiger partial charge in [-0.15, -0.1) is 0 Å². The minimum atomic E-state index is -4.44. The fourth-order valence-corrected chi connectivity index (χ4v) is 4.37. The van der Waals surface area contributed by atoms with Crippen molar-refractivity contribution < 1.29 is 18.0 Å². The number of amides is 1. The van der Waals surface area contributed by atoms with Crippen molar-refractivity contribution in [2.45, 2.75) is 52.8 Å². The molecule has 9 heteroatoms. The number of aryl methyl sites for hydroxylation is 1. The van der Waals surface area contributed by atoms with Gasteiger partial charge in [0.2, 0.25) is 5.91 Å². The normalized spacial score (nSPS) is 14.9. The highest BCUT2D eigenvalue weighted by Gasteiger charge is 2.31. The molecule has 3 heterocycles. The van der Waals surface area contributed by atoms with E-state index in [1.807, 2.05) is 12.1 Å². The molecule has 0 unspecified atom stereocenters. The maximum Gasteiger partial charge on any atom is 0.416 e. The Morgan fingerprint density at radius 1 is 1.14 bits per heavy atom. The second-order valence-electron chi connectivity index (χ2n) is 9.26. The number of aromatic nitrogens is 3. The van der Waals surface area contributed by atoms with E-state index in [9.17, 15) is 18.0 Å². The van der Waals surface area contributed by atoms with E-state index in [2.05, 4.69) is 27.2 Å². The smallest absolute Gasteiger partial charge is 0.357 e. The van der Waals surface area contributed by atoms with Gasteiger partial charge < -0.3 is 10.2 Å². The summed E-state index contributed by atoms with van der Waals surface area (Å²) in [6, 6.07) is 8.97. The Kier molecular flexibility index (Phi) is 7.14. The summed E-state index contributed by atoms with van der Waals surface area (Å²) in [5.41, 5.74) is 2.42. The maximum atomic E-state index is 13.1. The van der Waals surface area contributed by atoms with Crippen LogP contribution in [0.4, 0.5) is 19.0 Å². The molecule has 1 saturated heterocycles. The van der Waals surface area contributed by atoms with Crippen molar-refractivity contribution in [2.75, 3.05) is 18.0 Å². The number of rotatable bonds is 6. The Bertz CT molecular complexity index is 1180. The van der Waals surface area contributed by atoms with Crippen LogP contribution in [0.5, 0.6) is 0 Å². The Morgan fingerprint density at radius 3 is 2.54 bits per heavy atom. The molecule has 0 spiro atoms. The monoisotopic (exact) mass is 485 g/mol. The van der Waals surface area contributed by atoms with Crippen molar-refractivity contribution in [1.29, 1.82) is 0 Å². The highest BCUT2D eigenvalue weighted by Crippen LogP contribution is 2.31. The third kappa shape index (κ3) is 5.83. The lowest BCUT2D eigenvalue weighted by atomic mass is 9.99. The number of hydrogen-bond donors (Lipinski definition) is 1. The van der Waals surface area contributed by atoms with E-state index < -0.39 is 11.7 Å². The summed E-state index contributed by atoms with van der Waals surface area (Å²) in [7, 11) is 0. The molecule has 2 aromatic heterocycles. The molecule has 1 aliphatic heterocycles. The first-order valence-electron chi connectivity index (χ1n) is 11.8. The molecular formula is C26H30F3N5O. The van der Waals surface area contributed by atoms with Crippen LogP contribution >= 0.6 is 0 Å². The van der Waals surface area contributed by atoms with Crippen LogP contribution in [0.3, 0.4) is 0 Å². The molecule has 1 fully saturated rings. The molecule has 6 nitrogen and oxygen atoms in total. The van der Waals surface area contributed by atoms with Crippen molar-refractivity contribution >= 4 is 11.7 Å². The second kappa shape index (κ2) is 10.1. The number of pyridine rings is 1. The van der Waals surface area contributed by atoms with E-state index >= 15 is 0 Å². The maximum absolute atomic E-state index is 13.1. The summed E-state index contributed by atoms with van der Waals surface area (Å²) in [5, 5.41) is 7.29. The topological polar surface area (TPSA) is 63.1 Å². The number of nitrogens with one attached hydrogen (secondary N) is 1. The number of piperidine rings is 1. The quantitative estimate of drug-likeness (QED) is 0.534. The van der Waals surface area contributed by atoms with Gasteiger partial charge in [0.1, 0.15) is 5.82 Å². The average Bonchev–Trinajstić information content (AvgIpc) is 3.11. The van der Waals surface area contributed by atoms with Gasteiger partial charge in [-0.2, -0.15) is 18.3 Å². The fourth-order valence-electron chi connectivity index (χ4n) is 4.37. The number of benzene rings is 1. The first kappa shape index (κ1) is 24.8. The van der Waals surface area contributed by atoms with Gasteiger partial charge in [0.05, 0.1) is 23.4 Å². The second-order valence-corrected chi connectivity index (χ2v) is 9.26.